The van der Waals surface area contributed by atoms with E-state index in [0.717, 1.165) is 0 Å². The molecule has 0 fully saturated rings. The molecule has 0 radical (unpaired) electrons. The van der Waals surface area contributed by atoms with E-state index in [9.17, 15) is 4.79 Å². The summed E-state index contributed by atoms with van der Waals surface area (Å²) in [5.41, 5.74) is 0. The number of hydrogen-bond acceptors (Lipinski definition) is 4. The van der Waals surface area contributed by atoms with Gasteiger partial charge in [-0.1, -0.05) is 6.92 Å². The second-order valence-electron chi connectivity index (χ2n) is 2.73. The number of Topliss-reactive ketones (excluding diaryl/α,β-unsaturated/α-hetero) is 1. The summed E-state index contributed by atoms with van der Waals surface area (Å²) < 4.78 is 10.7. The first-order chi connectivity index (χ1) is 6.33. The summed E-state index contributed by atoms with van der Waals surface area (Å²) in [4.78, 5) is 12.1. The molecule has 3 nitrogen and oxygen atoms in total. The predicted octanol–water partition coefficient (Wildman–Crippen LogP) is 2.11. The van der Waals surface area contributed by atoms with E-state index in [-0.39, 0.29) is 5.78 Å². The van der Waals surface area contributed by atoms with Gasteiger partial charge in [0.05, 0.1) is 0 Å². The van der Waals surface area contributed by atoms with Crippen molar-refractivity contribution in [3.05, 3.63) is 10.3 Å². The van der Waals surface area contributed by atoms with Crippen molar-refractivity contribution in [2.24, 2.45) is 0 Å². The van der Waals surface area contributed by atoms with Crippen LogP contribution in [0.2, 0.25) is 0 Å². The van der Waals surface area contributed by atoms with Gasteiger partial charge in [-0.15, -0.1) is 11.3 Å². The molecule has 70 valence electrons. The van der Waals surface area contributed by atoms with Crippen LogP contribution in [-0.2, 0) is 0 Å². The lowest BCUT2D eigenvalue weighted by Crippen LogP contribution is -2.15. The highest BCUT2D eigenvalue weighted by Gasteiger charge is 2.21. The molecular formula is C9H10O3S. The van der Waals surface area contributed by atoms with Crippen LogP contribution in [0.3, 0.4) is 0 Å². The number of carbonyl (C=O) groups is 1. The number of ether oxygens (including phenoxy) is 2. The van der Waals surface area contributed by atoms with Crippen LogP contribution in [0.5, 0.6) is 11.5 Å². The van der Waals surface area contributed by atoms with Gasteiger partial charge in [-0.25, -0.2) is 0 Å². The minimum Gasteiger partial charge on any atom is -0.485 e. The Kier molecular flexibility index (Phi) is 2.22. The molecule has 0 unspecified atom stereocenters. The topological polar surface area (TPSA) is 35.5 Å². The van der Waals surface area contributed by atoms with E-state index in [1.165, 1.54) is 11.3 Å². The molecule has 0 bridgehead atoms. The molecule has 1 aliphatic heterocycles. The van der Waals surface area contributed by atoms with Crippen molar-refractivity contribution in [1.29, 1.82) is 0 Å². The molecule has 0 atom stereocenters. The lowest BCUT2D eigenvalue weighted by molar-refractivity contribution is 0.0983. The van der Waals surface area contributed by atoms with Crippen LogP contribution >= 0.6 is 11.3 Å². The van der Waals surface area contributed by atoms with Crippen LogP contribution in [0.15, 0.2) is 5.38 Å². The Balaban J connectivity index is 2.36. The smallest absolute Gasteiger partial charge is 0.182 e. The third-order valence-corrected chi connectivity index (χ3v) is 2.86. The molecule has 0 aromatic carbocycles. The lowest BCUT2D eigenvalue weighted by Gasteiger charge is -2.15. The Labute approximate surface area is 80.3 Å². The summed E-state index contributed by atoms with van der Waals surface area (Å²) in [7, 11) is 0. The highest BCUT2D eigenvalue weighted by molar-refractivity contribution is 7.12. The van der Waals surface area contributed by atoms with E-state index in [2.05, 4.69) is 0 Å². The van der Waals surface area contributed by atoms with Crippen molar-refractivity contribution in [3.63, 3.8) is 0 Å². The van der Waals surface area contributed by atoms with Crippen LogP contribution in [-0.4, -0.2) is 19.0 Å². The third-order valence-electron chi connectivity index (χ3n) is 1.88. The molecule has 2 rings (SSSR count). The van der Waals surface area contributed by atoms with Gasteiger partial charge in [0, 0.05) is 11.8 Å². The fourth-order valence-corrected chi connectivity index (χ4v) is 2.16. The first-order valence-corrected chi connectivity index (χ1v) is 5.11. The number of rotatable bonds is 2. The third kappa shape index (κ3) is 1.42. The highest BCUT2D eigenvalue weighted by Crippen LogP contribution is 2.39. The van der Waals surface area contributed by atoms with Gasteiger partial charge in [-0.2, -0.15) is 0 Å². The number of ketones is 1. The van der Waals surface area contributed by atoms with Crippen molar-refractivity contribution in [2.45, 2.75) is 13.3 Å². The predicted molar refractivity (Wildman–Crippen MR) is 49.9 cm³/mol. The normalized spacial score (nSPS) is 14.2. The minimum absolute atomic E-state index is 0.122. The molecule has 0 N–H and O–H groups in total. The minimum atomic E-state index is 0.122. The number of carbonyl (C=O) groups excluding carboxylic acids is 1. The summed E-state index contributed by atoms with van der Waals surface area (Å²) in [6.07, 6.45) is 0.510. The van der Waals surface area contributed by atoms with Crippen LogP contribution < -0.4 is 9.47 Å². The number of hydrogen-bond donors (Lipinski definition) is 0. The van der Waals surface area contributed by atoms with E-state index < -0.39 is 0 Å². The van der Waals surface area contributed by atoms with Crippen LogP contribution in [0.25, 0.3) is 0 Å². The molecule has 0 amide bonds. The van der Waals surface area contributed by atoms with E-state index in [4.69, 9.17) is 9.47 Å². The number of thiophene rings is 1. The maximum absolute atomic E-state index is 11.4. The van der Waals surface area contributed by atoms with E-state index >= 15 is 0 Å². The second kappa shape index (κ2) is 3.38. The van der Waals surface area contributed by atoms with Gasteiger partial charge < -0.3 is 9.47 Å². The molecule has 0 aliphatic carbocycles. The van der Waals surface area contributed by atoms with Crippen molar-refractivity contribution in [2.75, 3.05) is 13.2 Å². The molecule has 13 heavy (non-hydrogen) atoms. The Morgan fingerprint density at radius 1 is 1.54 bits per heavy atom. The van der Waals surface area contributed by atoms with Gasteiger partial charge in [0.25, 0.3) is 0 Å². The van der Waals surface area contributed by atoms with Crippen molar-refractivity contribution in [1.82, 2.24) is 0 Å². The zero-order valence-corrected chi connectivity index (χ0v) is 8.15. The Morgan fingerprint density at radius 3 is 3.08 bits per heavy atom. The Hall–Kier alpha value is -1.03. The summed E-state index contributed by atoms with van der Waals surface area (Å²) in [5.74, 6) is 1.48. The van der Waals surface area contributed by atoms with Crippen molar-refractivity contribution in [3.8, 4) is 11.5 Å². The van der Waals surface area contributed by atoms with E-state index in [1.54, 1.807) is 0 Å². The van der Waals surface area contributed by atoms with Gasteiger partial charge in [-0.05, 0) is 0 Å². The lowest BCUT2D eigenvalue weighted by atomic mass is 10.2. The van der Waals surface area contributed by atoms with E-state index in [1.807, 2.05) is 12.3 Å². The largest absolute Gasteiger partial charge is 0.485 e. The molecule has 0 saturated heterocycles. The quantitative estimate of drug-likeness (QED) is 0.683. The summed E-state index contributed by atoms with van der Waals surface area (Å²) in [6.45, 7) is 2.95. The average molecular weight is 198 g/mol. The van der Waals surface area contributed by atoms with Crippen LogP contribution in [0, 0.1) is 0 Å². The maximum Gasteiger partial charge on any atom is 0.182 e. The Morgan fingerprint density at radius 2 is 2.31 bits per heavy atom. The van der Waals surface area contributed by atoms with E-state index in [0.29, 0.717) is 36.0 Å². The van der Waals surface area contributed by atoms with Gasteiger partial charge in [0.2, 0.25) is 0 Å². The van der Waals surface area contributed by atoms with Crippen molar-refractivity contribution < 1.29 is 14.3 Å². The molecule has 0 saturated carbocycles. The molecule has 2 heterocycles. The monoisotopic (exact) mass is 198 g/mol. The van der Waals surface area contributed by atoms with Crippen LogP contribution in [0.1, 0.15) is 23.0 Å². The molecule has 1 aromatic heterocycles. The van der Waals surface area contributed by atoms with Crippen LogP contribution in [0.4, 0.5) is 0 Å². The van der Waals surface area contributed by atoms with Gasteiger partial charge in [0.1, 0.15) is 18.1 Å². The van der Waals surface area contributed by atoms with Gasteiger partial charge in [-0.3, -0.25) is 4.79 Å². The highest BCUT2D eigenvalue weighted by atomic mass is 32.1. The Bertz CT molecular complexity index is 330. The maximum atomic E-state index is 11.4. The SMILES string of the molecule is CCC(=O)c1scc2c1OCCO2. The summed E-state index contributed by atoms with van der Waals surface area (Å²) in [6, 6.07) is 0. The first kappa shape index (κ1) is 8.56. The van der Waals surface area contributed by atoms with Gasteiger partial charge in [0.15, 0.2) is 17.3 Å². The molecule has 0 spiro atoms. The molecule has 4 heteroatoms. The second-order valence-corrected chi connectivity index (χ2v) is 3.61. The zero-order valence-electron chi connectivity index (χ0n) is 7.33. The average Bonchev–Trinajstić information content (AvgIpc) is 2.60. The fourth-order valence-electron chi connectivity index (χ4n) is 1.22. The fraction of sp³-hybridized carbons (Fsp3) is 0.444. The number of fused-ring (bicyclic) bond motifs is 1. The summed E-state index contributed by atoms with van der Waals surface area (Å²) in [5, 5.41) is 1.83. The molecule has 1 aromatic rings. The zero-order chi connectivity index (χ0) is 9.26. The molecule has 1 aliphatic rings. The first-order valence-electron chi connectivity index (χ1n) is 4.23. The molecular weight excluding hydrogens is 188 g/mol. The summed E-state index contributed by atoms with van der Waals surface area (Å²) >= 11 is 1.40. The standard InChI is InChI=1S/C9H10O3S/c1-2-6(10)9-8-7(5-13-9)11-3-4-12-8/h5H,2-4H2,1H3. The van der Waals surface area contributed by atoms with Crippen molar-refractivity contribution >= 4 is 17.1 Å². The van der Waals surface area contributed by atoms with Gasteiger partial charge >= 0.3 is 0 Å².